The molecule has 6 nitrogen and oxygen atoms in total. The topological polar surface area (TPSA) is 96.7 Å². The van der Waals surface area contributed by atoms with Gasteiger partial charge in [0.2, 0.25) is 5.91 Å². The Labute approximate surface area is 141 Å². The first kappa shape index (κ1) is 16.1. The van der Waals surface area contributed by atoms with E-state index < -0.39 is 0 Å². The average Bonchev–Trinajstić information content (AvgIpc) is 3.24. The number of carbonyl (C=O) groups is 1. The van der Waals surface area contributed by atoms with Crippen molar-refractivity contribution >= 4 is 11.7 Å². The first-order valence-corrected chi connectivity index (χ1v) is 8.22. The molecule has 1 amide bonds. The van der Waals surface area contributed by atoms with Gasteiger partial charge in [0, 0.05) is 12.5 Å². The van der Waals surface area contributed by atoms with Gasteiger partial charge in [-0.3, -0.25) is 4.79 Å². The van der Waals surface area contributed by atoms with Gasteiger partial charge in [-0.05, 0) is 37.3 Å². The summed E-state index contributed by atoms with van der Waals surface area (Å²) >= 11 is 0. The van der Waals surface area contributed by atoms with Crippen LogP contribution in [0.4, 0.5) is 5.82 Å². The number of anilines is 1. The molecule has 1 aromatic carbocycles. The molecule has 2 aromatic rings. The molecule has 1 saturated carbocycles. The van der Waals surface area contributed by atoms with Crippen molar-refractivity contribution in [2.75, 3.05) is 12.3 Å². The maximum absolute atomic E-state index is 11.8. The highest BCUT2D eigenvalue weighted by molar-refractivity contribution is 5.81. The monoisotopic (exact) mass is 323 g/mol. The van der Waals surface area contributed by atoms with Crippen molar-refractivity contribution < 1.29 is 4.79 Å². The van der Waals surface area contributed by atoms with Crippen LogP contribution in [0.25, 0.3) is 5.69 Å². The predicted octanol–water partition coefficient (Wildman–Crippen LogP) is 2.03. The summed E-state index contributed by atoms with van der Waals surface area (Å²) < 4.78 is 1.60. The third-order valence-corrected chi connectivity index (χ3v) is 4.44. The standard InChI is InChI=1S/C18H21N5O/c1-12-10-14(12)18(24)21-9-5-8-16-15(11-19)17(20)23(22-16)13-6-3-2-4-7-13/h2-4,6-7,12,14H,5,8-10,20H2,1H3,(H,21,24). The number of nitriles is 1. The minimum Gasteiger partial charge on any atom is -0.382 e. The molecule has 2 unspecified atom stereocenters. The van der Waals surface area contributed by atoms with E-state index in [1.807, 2.05) is 30.3 Å². The van der Waals surface area contributed by atoms with Gasteiger partial charge < -0.3 is 11.1 Å². The molecule has 3 N–H and O–H groups in total. The molecule has 1 aromatic heterocycles. The Bertz CT molecular complexity index is 775. The lowest BCUT2D eigenvalue weighted by Gasteiger charge is -2.03. The Hall–Kier alpha value is -2.81. The number of nitrogen functional groups attached to an aromatic ring is 1. The van der Waals surface area contributed by atoms with E-state index in [1.54, 1.807) is 4.68 Å². The number of benzene rings is 1. The minimum absolute atomic E-state index is 0.136. The maximum Gasteiger partial charge on any atom is 0.223 e. The van der Waals surface area contributed by atoms with Gasteiger partial charge in [-0.15, -0.1) is 0 Å². The van der Waals surface area contributed by atoms with Gasteiger partial charge in [0.05, 0.1) is 11.4 Å². The van der Waals surface area contributed by atoms with Gasteiger partial charge in [0.15, 0.2) is 0 Å². The Kier molecular flexibility index (Phi) is 4.52. The summed E-state index contributed by atoms with van der Waals surface area (Å²) in [5.74, 6) is 1.19. The number of aryl methyl sites for hydroxylation is 1. The van der Waals surface area contributed by atoms with Gasteiger partial charge in [-0.25, -0.2) is 4.68 Å². The van der Waals surface area contributed by atoms with Crippen LogP contribution in [0, 0.1) is 23.2 Å². The van der Waals surface area contributed by atoms with Crippen molar-refractivity contribution in [2.24, 2.45) is 11.8 Å². The van der Waals surface area contributed by atoms with Crippen molar-refractivity contribution in [1.82, 2.24) is 15.1 Å². The van der Waals surface area contributed by atoms with E-state index in [0.717, 1.165) is 18.5 Å². The molecule has 2 atom stereocenters. The maximum atomic E-state index is 11.8. The number of hydrogen-bond donors (Lipinski definition) is 2. The Morgan fingerprint density at radius 1 is 1.46 bits per heavy atom. The van der Waals surface area contributed by atoms with Gasteiger partial charge >= 0.3 is 0 Å². The highest BCUT2D eigenvalue weighted by atomic mass is 16.2. The number of nitrogens with one attached hydrogen (secondary N) is 1. The number of hydrogen-bond acceptors (Lipinski definition) is 4. The molecular weight excluding hydrogens is 302 g/mol. The molecule has 0 aliphatic heterocycles. The van der Waals surface area contributed by atoms with E-state index in [1.165, 1.54) is 0 Å². The fourth-order valence-electron chi connectivity index (χ4n) is 2.83. The van der Waals surface area contributed by atoms with Gasteiger partial charge in [-0.2, -0.15) is 10.4 Å². The van der Waals surface area contributed by atoms with E-state index in [9.17, 15) is 10.1 Å². The van der Waals surface area contributed by atoms with Crippen molar-refractivity contribution in [3.05, 3.63) is 41.6 Å². The lowest BCUT2D eigenvalue weighted by molar-refractivity contribution is -0.122. The van der Waals surface area contributed by atoms with E-state index in [-0.39, 0.29) is 11.8 Å². The van der Waals surface area contributed by atoms with Crippen LogP contribution in [0.2, 0.25) is 0 Å². The first-order chi connectivity index (χ1) is 11.6. The van der Waals surface area contributed by atoms with Gasteiger partial charge in [0.25, 0.3) is 0 Å². The van der Waals surface area contributed by atoms with E-state index in [0.29, 0.717) is 36.0 Å². The molecule has 24 heavy (non-hydrogen) atoms. The summed E-state index contributed by atoms with van der Waals surface area (Å²) in [4.78, 5) is 11.8. The molecule has 0 saturated heterocycles. The van der Waals surface area contributed by atoms with Crippen molar-refractivity contribution in [1.29, 1.82) is 5.26 Å². The summed E-state index contributed by atoms with van der Waals surface area (Å²) in [6, 6.07) is 11.6. The second-order valence-corrected chi connectivity index (χ2v) is 6.28. The second-order valence-electron chi connectivity index (χ2n) is 6.28. The minimum atomic E-state index is 0.136. The number of rotatable bonds is 6. The third kappa shape index (κ3) is 3.25. The normalized spacial score (nSPS) is 18.8. The van der Waals surface area contributed by atoms with E-state index in [2.05, 4.69) is 23.4 Å². The highest BCUT2D eigenvalue weighted by Gasteiger charge is 2.38. The molecule has 1 aliphatic rings. The van der Waals surface area contributed by atoms with Gasteiger partial charge in [0.1, 0.15) is 17.5 Å². The molecule has 0 spiro atoms. The molecule has 6 heteroatoms. The smallest absolute Gasteiger partial charge is 0.223 e. The van der Waals surface area contributed by atoms with E-state index >= 15 is 0 Å². The number of aromatic nitrogens is 2. The average molecular weight is 323 g/mol. The zero-order valence-corrected chi connectivity index (χ0v) is 13.7. The van der Waals surface area contributed by atoms with Crippen LogP contribution in [-0.2, 0) is 11.2 Å². The fraction of sp³-hybridized carbons (Fsp3) is 0.389. The summed E-state index contributed by atoms with van der Waals surface area (Å²) in [5, 5.41) is 16.8. The van der Waals surface area contributed by atoms with E-state index in [4.69, 9.17) is 5.73 Å². The van der Waals surface area contributed by atoms with Gasteiger partial charge in [-0.1, -0.05) is 25.1 Å². The van der Waals surface area contributed by atoms with Crippen LogP contribution < -0.4 is 11.1 Å². The number of nitrogens with two attached hydrogens (primary N) is 1. The Balaban J connectivity index is 1.63. The second kappa shape index (κ2) is 6.75. The predicted molar refractivity (Wildman–Crippen MR) is 91.3 cm³/mol. The third-order valence-electron chi connectivity index (χ3n) is 4.44. The largest absolute Gasteiger partial charge is 0.382 e. The zero-order chi connectivity index (χ0) is 17.1. The number of carbonyl (C=O) groups excluding carboxylic acids is 1. The molecule has 0 radical (unpaired) electrons. The van der Waals surface area contributed by atoms with Crippen LogP contribution >= 0.6 is 0 Å². The van der Waals surface area contributed by atoms with Crippen LogP contribution in [0.3, 0.4) is 0 Å². The summed E-state index contributed by atoms with van der Waals surface area (Å²) in [6.45, 7) is 2.67. The zero-order valence-electron chi connectivity index (χ0n) is 13.7. The molecule has 0 bridgehead atoms. The summed E-state index contributed by atoms with van der Waals surface area (Å²) in [6.07, 6.45) is 2.32. The lowest BCUT2D eigenvalue weighted by Crippen LogP contribution is -2.26. The Morgan fingerprint density at radius 3 is 2.79 bits per heavy atom. The van der Waals surface area contributed by atoms with Crippen LogP contribution in [-0.4, -0.2) is 22.2 Å². The van der Waals surface area contributed by atoms with Crippen molar-refractivity contribution in [3.8, 4) is 11.8 Å². The number of para-hydroxylation sites is 1. The lowest BCUT2D eigenvalue weighted by atomic mass is 10.1. The van der Waals surface area contributed by atoms with Crippen LogP contribution in [0.15, 0.2) is 30.3 Å². The van der Waals surface area contributed by atoms with Crippen molar-refractivity contribution in [2.45, 2.75) is 26.2 Å². The Morgan fingerprint density at radius 2 is 2.17 bits per heavy atom. The molecule has 1 aliphatic carbocycles. The highest BCUT2D eigenvalue weighted by Crippen LogP contribution is 2.37. The first-order valence-electron chi connectivity index (χ1n) is 8.22. The summed E-state index contributed by atoms with van der Waals surface area (Å²) in [5.41, 5.74) is 7.99. The van der Waals surface area contributed by atoms with Crippen LogP contribution in [0.5, 0.6) is 0 Å². The quantitative estimate of drug-likeness (QED) is 0.795. The molecule has 124 valence electrons. The number of amides is 1. The molecular formula is C18H21N5O. The molecule has 1 fully saturated rings. The van der Waals surface area contributed by atoms with Crippen LogP contribution in [0.1, 0.15) is 31.0 Å². The number of nitrogens with zero attached hydrogens (tertiary/aromatic N) is 3. The molecule has 3 rings (SSSR count). The molecule has 1 heterocycles. The summed E-state index contributed by atoms with van der Waals surface area (Å²) in [7, 11) is 0. The van der Waals surface area contributed by atoms with Crippen molar-refractivity contribution in [3.63, 3.8) is 0 Å². The fourth-order valence-corrected chi connectivity index (χ4v) is 2.83. The SMILES string of the molecule is CC1CC1C(=O)NCCCc1nn(-c2ccccc2)c(N)c1C#N.